The van der Waals surface area contributed by atoms with Crippen LogP contribution < -0.4 is 5.73 Å². The minimum absolute atomic E-state index is 0. The third-order valence-electron chi connectivity index (χ3n) is 2.97. The minimum Gasteiger partial charge on any atom is -0.477 e. The first-order valence-corrected chi connectivity index (χ1v) is 6.02. The molecular weight excluding hydrogens is 525 g/mol. The summed E-state index contributed by atoms with van der Waals surface area (Å²) in [7, 11) is 0. The Morgan fingerprint density at radius 3 is 2.64 bits per heavy atom. The summed E-state index contributed by atoms with van der Waals surface area (Å²) in [6, 6.07) is 9.63. The zero-order chi connectivity index (χ0) is 14.9. The molecule has 3 N–H and O–H groups in total. The topological polar surface area (TPSA) is 76.2 Å². The standard InChI is InChI=1S/C16H14N2O2.W.Y/c1-4-11-13(17)8-14(18-15(11)16(19)20)12-7-9(2)5-6-10(12)3;;/h4,6,8H,1H2,2-3H3,(H2,17,18)(H,19,20);;/q-2;;. The number of benzene rings is 1. The molecule has 1 radical (unpaired) electrons. The molecule has 0 atom stereocenters. The third kappa shape index (κ3) is 4.35. The van der Waals surface area contributed by atoms with E-state index < -0.39 is 5.97 Å². The third-order valence-corrected chi connectivity index (χ3v) is 2.97. The van der Waals surface area contributed by atoms with Crippen LogP contribution in [0.4, 0.5) is 5.69 Å². The van der Waals surface area contributed by atoms with Crippen LogP contribution >= 0.6 is 0 Å². The Hall–Kier alpha value is -0.828. The molecule has 111 valence electrons. The molecule has 2 aromatic rings. The molecule has 22 heavy (non-hydrogen) atoms. The van der Waals surface area contributed by atoms with E-state index in [9.17, 15) is 9.90 Å². The molecule has 0 amide bonds. The maximum Gasteiger partial charge on any atom is 0.353 e. The van der Waals surface area contributed by atoms with Gasteiger partial charge in [-0.05, 0) is 0 Å². The van der Waals surface area contributed by atoms with Crippen LogP contribution in [0.1, 0.15) is 27.2 Å². The van der Waals surface area contributed by atoms with Gasteiger partial charge in [-0.25, -0.2) is 22.0 Å². The Bertz CT molecular complexity index is 718. The van der Waals surface area contributed by atoms with Gasteiger partial charge in [-0.2, -0.15) is 0 Å². The minimum atomic E-state index is -1.13. The van der Waals surface area contributed by atoms with Crippen molar-refractivity contribution in [2.45, 2.75) is 13.8 Å². The van der Waals surface area contributed by atoms with E-state index in [1.807, 2.05) is 19.9 Å². The Morgan fingerprint density at radius 2 is 2.09 bits per heavy atom. The maximum atomic E-state index is 11.3. The van der Waals surface area contributed by atoms with Crippen molar-refractivity contribution in [2.75, 3.05) is 5.73 Å². The number of carboxylic acids is 1. The monoisotopic (exact) mass is 539 g/mol. The second-order valence-corrected chi connectivity index (χ2v) is 4.46. The average Bonchev–Trinajstić information content (AvgIpc) is 2.40. The van der Waals surface area contributed by atoms with Crippen LogP contribution in [0.25, 0.3) is 17.3 Å². The maximum absolute atomic E-state index is 11.3. The Labute approximate surface area is 169 Å². The molecule has 0 saturated carbocycles. The SMILES string of the molecule is C=Cc1c(N)cc(-c2[c-]c(C)[c-]cc2C)nc1C(=O)O.[W].[Y]. The van der Waals surface area contributed by atoms with Crippen molar-refractivity contribution in [3.05, 3.63) is 53.2 Å². The zero-order valence-corrected chi connectivity index (χ0v) is 18.1. The van der Waals surface area contributed by atoms with E-state index >= 15 is 0 Å². The largest absolute Gasteiger partial charge is 0.477 e. The fourth-order valence-corrected chi connectivity index (χ4v) is 1.96. The van der Waals surface area contributed by atoms with Crippen molar-refractivity contribution in [2.24, 2.45) is 0 Å². The van der Waals surface area contributed by atoms with E-state index in [4.69, 9.17) is 5.73 Å². The molecule has 0 unspecified atom stereocenters. The van der Waals surface area contributed by atoms with Crippen molar-refractivity contribution in [1.82, 2.24) is 4.98 Å². The predicted octanol–water partition coefficient (Wildman–Crippen LogP) is 2.88. The number of aryl methyl sites for hydroxylation is 2. The summed E-state index contributed by atoms with van der Waals surface area (Å²) in [5.74, 6) is -1.13. The van der Waals surface area contributed by atoms with E-state index in [0.29, 0.717) is 16.9 Å². The molecule has 1 aromatic carbocycles. The zero-order valence-electron chi connectivity index (χ0n) is 12.3. The van der Waals surface area contributed by atoms with E-state index in [2.05, 4.69) is 23.7 Å². The molecule has 0 aliphatic carbocycles. The number of hydrogen-bond donors (Lipinski definition) is 2. The van der Waals surface area contributed by atoms with Gasteiger partial charge < -0.3 is 15.8 Å². The van der Waals surface area contributed by atoms with Crippen LogP contribution in [-0.2, 0) is 53.8 Å². The molecule has 2 rings (SSSR count). The number of nitrogens with zero attached hydrogens (tertiary/aromatic N) is 1. The van der Waals surface area contributed by atoms with Crippen molar-refractivity contribution < 1.29 is 63.7 Å². The van der Waals surface area contributed by atoms with Crippen LogP contribution in [0.5, 0.6) is 0 Å². The second-order valence-electron chi connectivity index (χ2n) is 4.46. The van der Waals surface area contributed by atoms with Crippen molar-refractivity contribution in [3.8, 4) is 11.3 Å². The van der Waals surface area contributed by atoms with Crippen LogP contribution in [0.2, 0.25) is 0 Å². The van der Waals surface area contributed by atoms with Crippen molar-refractivity contribution in [1.29, 1.82) is 0 Å². The number of pyridine rings is 1. The van der Waals surface area contributed by atoms with Gasteiger partial charge in [-0.1, -0.05) is 31.3 Å². The first kappa shape index (κ1) is 21.2. The normalized spacial score (nSPS) is 9.36. The van der Waals surface area contributed by atoms with Crippen LogP contribution in [0.3, 0.4) is 0 Å². The Balaban J connectivity index is 0.00000220. The molecular formula is C16H14N2O2WY-2. The summed E-state index contributed by atoms with van der Waals surface area (Å²) in [5, 5.41) is 9.23. The van der Waals surface area contributed by atoms with E-state index in [0.717, 1.165) is 16.7 Å². The predicted molar refractivity (Wildman–Crippen MR) is 78.3 cm³/mol. The molecule has 0 saturated heterocycles. The van der Waals surface area contributed by atoms with Crippen molar-refractivity contribution in [3.63, 3.8) is 0 Å². The van der Waals surface area contributed by atoms with Crippen LogP contribution in [0, 0.1) is 26.0 Å². The van der Waals surface area contributed by atoms with Gasteiger partial charge in [-0.15, -0.1) is 6.92 Å². The number of rotatable bonds is 3. The number of carboxylic acid groups (broad SMARTS) is 1. The summed E-state index contributed by atoms with van der Waals surface area (Å²) in [6.45, 7) is 7.33. The van der Waals surface area contributed by atoms with Gasteiger partial charge in [0.1, 0.15) is 5.69 Å². The number of carbonyl (C=O) groups is 1. The molecule has 0 aliphatic heterocycles. The summed E-state index contributed by atoms with van der Waals surface area (Å²) in [5.41, 5.74) is 9.41. The molecule has 1 heterocycles. The first-order chi connectivity index (χ1) is 9.43. The fraction of sp³-hybridized carbons (Fsp3) is 0.125. The fourth-order valence-electron chi connectivity index (χ4n) is 1.96. The number of aromatic nitrogens is 1. The summed E-state index contributed by atoms with van der Waals surface area (Å²) < 4.78 is 0. The van der Waals surface area contributed by atoms with Gasteiger partial charge >= 0.3 is 5.97 Å². The molecule has 6 heteroatoms. The Kier molecular flexibility index (Phi) is 8.38. The number of hydrogen-bond acceptors (Lipinski definition) is 3. The summed E-state index contributed by atoms with van der Waals surface area (Å²) in [4.78, 5) is 15.5. The van der Waals surface area contributed by atoms with Crippen LogP contribution in [-0.4, -0.2) is 16.1 Å². The smallest absolute Gasteiger partial charge is 0.353 e. The average molecular weight is 539 g/mol. The summed E-state index contributed by atoms with van der Waals surface area (Å²) >= 11 is 0. The van der Waals surface area contributed by atoms with Gasteiger partial charge in [0.05, 0.1) is 0 Å². The van der Waals surface area contributed by atoms with E-state index in [1.165, 1.54) is 6.08 Å². The van der Waals surface area contributed by atoms with Gasteiger partial charge in [-0.3, -0.25) is 17.7 Å². The number of nitrogens with two attached hydrogens (primary N) is 1. The number of nitrogen functional groups attached to an aromatic ring is 1. The quantitative estimate of drug-likeness (QED) is 0.589. The van der Waals surface area contributed by atoms with E-state index in [1.54, 1.807) is 6.07 Å². The first-order valence-electron chi connectivity index (χ1n) is 6.02. The molecule has 0 bridgehead atoms. The second kappa shape index (κ2) is 8.71. The molecule has 0 aliphatic rings. The van der Waals surface area contributed by atoms with E-state index in [-0.39, 0.29) is 59.5 Å². The van der Waals surface area contributed by atoms with Gasteiger partial charge in [0.2, 0.25) is 0 Å². The van der Waals surface area contributed by atoms with Gasteiger partial charge in [0, 0.05) is 65.0 Å². The van der Waals surface area contributed by atoms with Gasteiger partial charge in [0.25, 0.3) is 0 Å². The van der Waals surface area contributed by atoms with Crippen LogP contribution in [0.15, 0.2) is 18.7 Å². The Morgan fingerprint density at radius 1 is 1.45 bits per heavy atom. The molecule has 1 aromatic heterocycles. The van der Waals surface area contributed by atoms with Crippen molar-refractivity contribution >= 4 is 17.7 Å². The molecule has 0 fully saturated rings. The number of anilines is 1. The molecule has 4 nitrogen and oxygen atoms in total. The number of aromatic carboxylic acids is 1. The van der Waals surface area contributed by atoms with Gasteiger partial charge in [0.15, 0.2) is 0 Å². The summed E-state index contributed by atoms with van der Waals surface area (Å²) in [6.07, 6.45) is 1.40. The molecule has 0 spiro atoms.